The predicted octanol–water partition coefficient (Wildman–Crippen LogP) is 12.8. The van der Waals surface area contributed by atoms with E-state index in [2.05, 4.69) is 147 Å². The van der Waals surface area contributed by atoms with Gasteiger partial charge in [-0.15, -0.1) is 0 Å². The summed E-state index contributed by atoms with van der Waals surface area (Å²) in [6.07, 6.45) is 0. The number of furan rings is 1. The first-order chi connectivity index (χ1) is 23.0. The number of fused-ring (bicyclic) bond motifs is 12. The Balaban J connectivity index is 1.03. The van der Waals surface area contributed by atoms with E-state index in [1.807, 2.05) is 12.1 Å². The van der Waals surface area contributed by atoms with E-state index in [9.17, 15) is 0 Å². The first kappa shape index (κ1) is 26.4. The average molecular weight is 603 g/mol. The lowest BCUT2D eigenvalue weighted by atomic mass is 9.75. The fraction of sp³-hybridized carbons (Fsp3) is 0.0667. The van der Waals surface area contributed by atoms with Crippen molar-refractivity contribution in [3.05, 3.63) is 157 Å². The monoisotopic (exact) mass is 602 g/mol. The zero-order valence-corrected chi connectivity index (χ0v) is 26.2. The highest BCUT2D eigenvalue weighted by Crippen LogP contribution is 2.52. The van der Waals surface area contributed by atoms with Gasteiger partial charge in [-0.3, -0.25) is 0 Å². The second-order valence-corrected chi connectivity index (χ2v) is 13.3. The molecule has 0 aliphatic carbocycles. The van der Waals surface area contributed by atoms with Crippen LogP contribution in [-0.4, -0.2) is 0 Å². The van der Waals surface area contributed by atoms with E-state index in [0.717, 1.165) is 39.0 Å². The highest BCUT2D eigenvalue weighted by molar-refractivity contribution is 6.25. The number of para-hydroxylation sites is 1. The number of rotatable bonds is 2. The van der Waals surface area contributed by atoms with Crippen LogP contribution in [0.5, 0.6) is 11.5 Å². The topological polar surface area (TPSA) is 22.4 Å². The van der Waals surface area contributed by atoms with Gasteiger partial charge in [0.25, 0.3) is 0 Å². The maximum absolute atomic E-state index is 6.62. The molecular formula is C45H30O2. The van der Waals surface area contributed by atoms with Gasteiger partial charge in [-0.2, -0.15) is 0 Å². The van der Waals surface area contributed by atoms with Gasteiger partial charge < -0.3 is 9.15 Å². The normalized spacial score (nSPS) is 13.7. The van der Waals surface area contributed by atoms with E-state index in [4.69, 9.17) is 9.15 Å². The number of benzene rings is 8. The Kier molecular flexibility index (Phi) is 5.37. The van der Waals surface area contributed by atoms with Gasteiger partial charge in [0.1, 0.15) is 11.3 Å². The molecule has 2 heteroatoms. The lowest BCUT2D eigenvalue weighted by Crippen LogP contribution is -2.24. The number of hydrogen-bond donors (Lipinski definition) is 0. The van der Waals surface area contributed by atoms with Crippen molar-refractivity contribution in [3.63, 3.8) is 0 Å². The maximum atomic E-state index is 6.62. The summed E-state index contributed by atoms with van der Waals surface area (Å²) >= 11 is 0. The van der Waals surface area contributed by atoms with Crippen molar-refractivity contribution in [2.45, 2.75) is 19.3 Å². The summed E-state index contributed by atoms with van der Waals surface area (Å²) in [6.45, 7) is 4.56. The molecule has 0 radical (unpaired) electrons. The van der Waals surface area contributed by atoms with Crippen LogP contribution < -0.4 is 4.74 Å². The van der Waals surface area contributed by atoms with Crippen molar-refractivity contribution in [3.8, 4) is 33.8 Å². The molecule has 0 bridgehead atoms. The van der Waals surface area contributed by atoms with Gasteiger partial charge in [-0.25, -0.2) is 0 Å². The van der Waals surface area contributed by atoms with Gasteiger partial charge in [0.05, 0.1) is 0 Å². The molecule has 2 heterocycles. The summed E-state index contributed by atoms with van der Waals surface area (Å²) in [5.41, 5.74) is 8.54. The molecule has 1 aliphatic heterocycles. The smallest absolute Gasteiger partial charge is 0.178 e. The van der Waals surface area contributed by atoms with Crippen molar-refractivity contribution in [1.82, 2.24) is 0 Å². The Labute approximate surface area is 272 Å². The van der Waals surface area contributed by atoms with Crippen molar-refractivity contribution in [2.75, 3.05) is 0 Å². The standard InChI is InChI=1S/C45H30O2/c1-45(2)39-23-22-37-36-13-7-8-14-41(36)46-43(37)44(39)47-42-24-20-30(26-40(42)45)28-17-15-27(16-18-28)29-19-21-35-33-11-4-3-9-31(33)32-10-5-6-12-34(32)38(35)25-29/h3-26H,1-2H3. The summed E-state index contributed by atoms with van der Waals surface area (Å²) in [5, 5.41) is 9.97. The molecule has 0 saturated carbocycles. The minimum Gasteiger partial charge on any atom is -0.453 e. The van der Waals surface area contributed by atoms with E-state index in [1.54, 1.807) is 0 Å². The molecule has 1 aromatic heterocycles. The van der Waals surface area contributed by atoms with E-state index in [-0.39, 0.29) is 5.41 Å². The quantitative estimate of drug-likeness (QED) is 0.184. The van der Waals surface area contributed by atoms with Gasteiger partial charge >= 0.3 is 0 Å². The molecule has 9 aromatic rings. The zero-order valence-electron chi connectivity index (χ0n) is 26.2. The van der Waals surface area contributed by atoms with Crippen LogP contribution in [0.1, 0.15) is 25.0 Å². The summed E-state index contributed by atoms with van der Waals surface area (Å²) in [4.78, 5) is 0. The molecule has 222 valence electrons. The number of ether oxygens (including phenoxy) is 1. The lowest BCUT2D eigenvalue weighted by Gasteiger charge is -2.34. The third-order valence-electron chi connectivity index (χ3n) is 10.3. The van der Waals surface area contributed by atoms with E-state index >= 15 is 0 Å². The maximum Gasteiger partial charge on any atom is 0.178 e. The van der Waals surface area contributed by atoms with Crippen LogP contribution in [0.2, 0.25) is 0 Å². The Morgan fingerprint density at radius 3 is 1.60 bits per heavy atom. The van der Waals surface area contributed by atoms with Crippen LogP contribution in [0.25, 0.3) is 76.5 Å². The van der Waals surface area contributed by atoms with Gasteiger partial charge in [0, 0.05) is 27.3 Å². The van der Waals surface area contributed by atoms with Gasteiger partial charge in [0.15, 0.2) is 11.3 Å². The molecular weight excluding hydrogens is 572 g/mol. The molecule has 0 atom stereocenters. The molecule has 1 aliphatic rings. The van der Waals surface area contributed by atoms with Crippen LogP contribution >= 0.6 is 0 Å². The second-order valence-electron chi connectivity index (χ2n) is 13.3. The SMILES string of the molecule is CC1(C)c2cc(-c3ccc(-c4ccc5c6ccccc6c6ccccc6c5c4)cc3)ccc2Oc2c1ccc1c2oc2ccccc21. The fourth-order valence-corrected chi connectivity index (χ4v) is 7.84. The molecule has 0 spiro atoms. The third kappa shape index (κ3) is 3.79. The van der Waals surface area contributed by atoms with Crippen LogP contribution in [0, 0.1) is 0 Å². The second kappa shape index (κ2) is 9.57. The van der Waals surface area contributed by atoms with E-state index < -0.39 is 0 Å². The first-order valence-corrected chi connectivity index (χ1v) is 16.3. The Morgan fingerprint density at radius 1 is 0.404 bits per heavy atom. The summed E-state index contributed by atoms with van der Waals surface area (Å²) in [7, 11) is 0. The van der Waals surface area contributed by atoms with Crippen molar-refractivity contribution in [2.24, 2.45) is 0 Å². The average Bonchev–Trinajstić information content (AvgIpc) is 3.51. The van der Waals surface area contributed by atoms with Crippen LogP contribution in [-0.2, 0) is 5.41 Å². The minimum atomic E-state index is -0.260. The molecule has 0 amide bonds. The summed E-state index contributed by atoms with van der Waals surface area (Å²) < 4.78 is 13.0. The molecule has 47 heavy (non-hydrogen) atoms. The van der Waals surface area contributed by atoms with Gasteiger partial charge in [-0.1, -0.05) is 129 Å². The van der Waals surface area contributed by atoms with E-state index in [1.165, 1.54) is 60.1 Å². The molecule has 0 saturated heterocycles. The van der Waals surface area contributed by atoms with E-state index in [0.29, 0.717) is 0 Å². The van der Waals surface area contributed by atoms with Gasteiger partial charge in [0.2, 0.25) is 0 Å². The summed E-state index contributed by atoms with van der Waals surface area (Å²) in [5.74, 6) is 1.70. The highest BCUT2D eigenvalue weighted by Gasteiger charge is 2.36. The minimum absolute atomic E-state index is 0.260. The molecule has 0 N–H and O–H groups in total. The van der Waals surface area contributed by atoms with Gasteiger partial charge in [-0.05, 0) is 84.9 Å². The zero-order chi connectivity index (χ0) is 31.3. The summed E-state index contributed by atoms with van der Waals surface area (Å²) in [6, 6.07) is 52.5. The molecule has 0 fully saturated rings. The Bertz CT molecular complexity index is 2690. The predicted molar refractivity (Wildman–Crippen MR) is 196 cm³/mol. The largest absolute Gasteiger partial charge is 0.453 e. The van der Waals surface area contributed by atoms with Crippen LogP contribution in [0.4, 0.5) is 0 Å². The van der Waals surface area contributed by atoms with Crippen molar-refractivity contribution in [1.29, 1.82) is 0 Å². The molecule has 2 nitrogen and oxygen atoms in total. The third-order valence-corrected chi connectivity index (χ3v) is 10.3. The molecule has 8 aromatic carbocycles. The molecule has 10 rings (SSSR count). The Hall–Kier alpha value is -5.86. The first-order valence-electron chi connectivity index (χ1n) is 16.3. The fourth-order valence-electron chi connectivity index (χ4n) is 7.84. The Morgan fingerprint density at radius 2 is 0.915 bits per heavy atom. The van der Waals surface area contributed by atoms with Crippen LogP contribution in [0.15, 0.2) is 150 Å². The van der Waals surface area contributed by atoms with Crippen molar-refractivity contribution >= 4 is 54.3 Å². The lowest BCUT2D eigenvalue weighted by molar-refractivity contribution is 0.415. The number of hydrogen-bond acceptors (Lipinski definition) is 2. The highest BCUT2D eigenvalue weighted by atomic mass is 16.5. The van der Waals surface area contributed by atoms with Crippen LogP contribution in [0.3, 0.4) is 0 Å². The molecule has 0 unspecified atom stereocenters. The van der Waals surface area contributed by atoms with Crippen molar-refractivity contribution < 1.29 is 9.15 Å².